The molecule has 0 radical (unpaired) electrons. The minimum Gasteiger partial charge on any atom is -0.507 e. The number of aromatic carboxylic acids is 1. The van der Waals surface area contributed by atoms with Gasteiger partial charge in [-0.1, -0.05) is 45.0 Å². The molecule has 1 aliphatic heterocycles. The molecule has 5 rings (SSSR count). The van der Waals surface area contributed by atoms with E-state index >= 15 is 0 Å². The maximum absolute atomic E-state index is 14.3. The third-order valence-electron chi connectivity index (χ3n) is 6.59. The number of aromatic nitrogens is 2. The molecule has 0 amide bonds. The summed E-state index contributed by atoms with van der Waals surface area (Å²) >= 11 is 0. The summed E-state index contributed by atoms with van der Waals surface area (Å²) in [5, 5.41) is 25.1. The van der Waals surface area contributed by atoms with Crippen LogP contribution in [0.5, 0.6) is 5.75 Å². The fourth-order valence-corrected chi connectivity index (χ4v) is 4.90. The number of benzene rings is 3. The lowest BCUT2D eigenvalue weighted by atomic mass is 9.72. The molecule has 3 aromatic carbocycles. The zero-order valence-electron chi connectivity index (χ0n) is 19.5. The van der Waals surface area contributed by atoms with Gasteiger partial charge in [-0.25, -0.2) is 13.6 Å². The summed E-state index contributed by atoms with van der Waals surface area (Å²) < 4.78 is 30.3. The van der Waals surface area contributed by atoms with E-state index in [9.17, 15) is 23.8 Å². The Hall–Kier alpha value is -4.00. The second-order valence-electron chi connectivity index (χ2n) is 9.96. The van der Waals surface area contributed by atoms with Gasteiger partial charge in [0.05, 0.1) is 5.69 Å². The number of carboxylic acid groups (broad SMARTS) is 1. The van der Waals surface area contributed by atoms with Gasteiger partial charge >= 0.3 is 5.97 Å². The first-order valence-electron chi connectivity index (χ1n) is 11.3. The summed E-state index contributed by atoms with van der Waals surface area (Å²) in [5.41, 5.74) is 3.72. The molecule has 0 spiro atoms. The molecule has 0 fully saturated rings. The van der Waals surface area contributed by atoms with Gasteiger partial charge in [-0.2, -0.15) is 5.10 Å². The zero-order chi connectivity index (χ0) is 25.1. The fourth-order valence-electron chi connectivity index (χ4n) is 4.90. The molecule has 0 saturated heterocycles. The van der Waals surface area contributed by atoms with Crippen LogP contribution < -0.4 is 0 Å². The molecular weight excluding hydrogens is 450 g/mol. The van der Waals surface area contributed by atoms with Gasteiger partial charge in [-0.15, -0.1) is 0 Å². The van der Waals surface area contributed by atoms with E-state index in [4.69, 9.17) is 5.10 Å². The minimum absolute atomic E-state index is 0.121. The van der Waals surface area contributed by atoms with Crippen LogP contribution in [0.4, 0.5) is 8.78 Å². The molecule has 5 nitrogen and oxygen atoms in total. The lowest BCUT2D eigenvalue weighted by Gasteiger charge is -2.36. The van der Waals surface area contributed by atoms with E-state index in [1.54, 1.807) is 28.9 Å². The quantitative estimate of drug-likeness (QED) is 0.346. The smallest absolute Gasteiger partial charge is 0.339 e. The summed E-state index contributed by atoms with van der Waals surface area (Å²) in [6.07, 6.45) is 0. The Labute approximate surface area is 201 Å². The van der Waals surface area contributed by atoms with Crippen LogP contribution in [-0.4, -0.2) is 26.0 Å². The highest BCUT2D eigenvalue weighted by molar-refractivity contribution is 5.96. The van der Waals surface area contributed by atoms with Crippen molar-refractivity contribution in [3.8, 4) is 39.4 Å². The monoisotopic (exact) mass is 474 g/mol. The zero-order valence-corrected chi connectivity index (χ0v) is 19.5. The summed E-state index contributed by atoms with van der Waals surface area (Å²) in [7, 11) is 0. The number of carboxylic acids is 1. The molecule has 1 aromatic heterocycles. The lowest BCUT2D eigenvalue weighted by Crippen LogP contribution is -2.28. The number of hydrogen-bond acceptors (Lipinski definition) is 3. The molecule has 1 aliphatic rings. The highest BCUT2D eigenvalue weighted by Gasteiger charge is 2.37. The standard InChI is InChI=1S/C28H24F2N2O3/c1-28(2,3)22-14-32-26(20-13-23(33)21(27(34)35)12-19(20)22)24(15-6-4-8-17(29)10-15)25(31-32)16-7-5-9-18(30)11-16/h4-13,22,33H,14H2,1-3H3,(H,34,35). The first-order chi connectivity index (χ1) is 16.5. The Balaban J connectivity index is 1.88. The van der Waals surface area contributed by atoms with Crippen molar-refractivity contribution in [3.63, 3.8) is 0 Å². The predicted molar refractivity (Wildman–Crippen MR) is 129 cm³/mol. The van der Waals surface area contributed by atoms with Crippen molar-refractivity contribution >= 4 is 5.97 Å². The topological polar surface area (TPSA) is 75.3 Å². The van der Waals surface area contributed by atoms with Crippen molar-refractivity contribution in [1.29, 1.82) is 0 Å². The maximum Gasteiger partial charge on any atom is 0.339 e. The number of nitrogens with zero attached hydrogens (tertiary/aromatic N) is 2. The van der Waals surface area contributed by atoms with E-state index in [1.807, 2.05) is 0 Å². The van der Waals surface area contributed by atoms with Crippen molar-refractivity contribution in [2.24, 2.45) is 5.41 Å². The molecule has 0 aliphatic carbocycles. The summed E-state index contributed by atoms with van der Waals surface area (Å²) in [6, 6.07) is 15.1. The van der Waals surface area contributed by atoms with Crippen LogP contribution in [0.3, 0.4) is 0 Å². The average Bonchev–Trinajstić information content (AvgIpc) is 3.17. The maximum atomic E-state index is 14.3. The van der Waals surface area contributed by atoms with Crippen LogP contribution in [0.25, 0.3) is 33.6 Å². The van der Waals surface area contributed by atoms with E-state index in [0.717, 1.165) is 5.56 Å². The lowest BCUT2D eigenvalue weighted by molar-refractivity contribution is 0.0693. The van der Waals surface area contributed by atoms with Gasteiger partial charge in [-0.3, -0.25) is 4.68 Å². The van der Waals surface area contributed by atoms with Gasteiger partial charge in [0.15, 0.2) is 0 Å². The van der Waals surface area contributed by atoms with E-state index in [0.29, 0.717) is 40.2 Å². The summed E-state index contributed by atoms with van der Waals surface area (Å²) in [6.45, 7) is 6.62. The van der Waals surface area contributed by atoms with Crippen LogP contribution >= 0.6 is 0 Å². The molecule has 178 valence electrons. The van der Waals surface area contributed by atoms with E-state index < -0.39 is 17.6 Å². The van der Waals surface area contributed by atoms with Gasteiger partial charge in [0.2, 0.25) is 0 Å². The van der Waals surface area contributed by atoms with Crippen molar-refractivity contribution in [2.75, 3.05) is 0 Å². The largest absolute Gasteiger partial charge is 0.507 e. The molecule has 35 heavy (non-hydrogen) atoms. The number of halogens is 2. The third kappa shape index (κ3) is 3.87. The molecular formula is C28H24F2N2O3. The summed E-state index contributed by atoms with van der Waals surface area (Å²) in [5.74, 6) is -2.56. The number of hydrogen-bond donors (Lipinski definition) is 2. The summed E-state index contributed by atoms with van der Waals surface area (Å²) in [4.78, 5) is 11.8. The second-order valence-corrected chi connectivity index (χ2v) is 9.96. The second kappa shape index (κ2) is 8.05. The minimum atomic E-state index is -1.22. The highest BCUT2D eigenvalue weighted by Crippen LogP contribution is 2.51. The number of fused-ring (bicyclic) bond motifs is 3. The Kier molecular flexibility index (Phi) is 5.24. The predicted octanol–water partition coefficient (Wildman–Crippen LogP) is 6.71. The molecule has 0 saturated carbocycles. The molecule has 4 aromatic rings. The SMILES string of the molecule is CC(C)(C)C1Cn2nc(-c3cccc(F)c3)c(-c3cccc(F)c3)c2-c2cc(O)c(C(=O)O)cc21. The Morgan fingerprint density at radius 2 is 1.63 bits per heavy atom. The van der Waals surface area contributed by atoms with Crippen LogP contribution in [0.2, 0.25) is 0 Å². The molecule has 1 atom stereocenters. The first kappa shape index (κ1) is 22.8. The molecule has 1 unspecified atom stereocenters. The van der Waals surface area contributed by atoms with Crippen LogP contribution in [0, 0.1) is 17.0 Å². The Morgan fingerprint density at radius 1 is 1.00 bits per heavy atom. The number of aromatic hydroxyl groups is 1. The van der Waals surface area contributed by atoms with Crippen molar-refractivity contribution in [1.82, 2.24) is 9.78 Å². The van der Waals surface area contributed by atoms with Crippen molar-refractivity contribution in [2.45, 2.75) is 33.2 Å². The van der Waals surface area contributed by atoms with Gasteiger partial charge in [-0.05, 0) is 52.9 Å². The van der Waals surface area contributed by atoms with Gasteiger partial charge in [0.1, 0.15) is 28.6 Å². The van der Waals surface area contributed by atoms with Crippen LogP contribution in [0.15, 0.2) is 60.7 Å². The van der Waals surface area contributed by atoms with E-state index in [-0.39, 0.29) is 22.6 Å². The number of phenols is 1. The molecule has 2 heterocycles. The molecule has 0 bridgehead atoms. The Morgan fingerprint density at radius 3 is 2.23 bits per heavy atom. The Bertz CT molecular complexity index is 1480. The first-order valence-corrected chi connectivity index (χ1v) is 11.3. The fraction of sp³-hybridized carbons (Fsp3) is 0.214. The normalized spacial score (nSPS) is 14.9. The third-order valence-corrected chi connectivity index (χ3v) is 6.59. The van der Waals surface area contributed by atoms with Gasteiger partial charge in [0.25, 0.3) is 0 Å². The van der Waals surface area contributed by atoms with E-state index in [2.05, 4.69) is 20.8 Å². The molecule has 2 N–H and O–H groups in total. The number of rotatable bonds is 3. The highest BCUT2D eigenvalue weighted by atomic mass is 19.1. The van der Waals surface area contributed by atoms with Crippen LogP contribution in [0.1, 0.15) is 42.6 Å². The number of carbonyl (C=O) groups is 1. The van der Waals surface area contributed by atoms with Crippen LogP contribution in [-0.2, 0) is 6.54 Å². The van der Waals surface area contributed by atoms with Crippen molar-refractivity contribution in [3.05, 3.63) is 83.4 Å². The molecule has 7 heteroatoms. The van der Waals surface area contributed by atoms with Gasteiger partial charge < -0.3 is 10.2 Å². The van der Waals surface area contributed by atoms with E-state index in [1.165, 1.54) is 36.4 Å². The average molecular weight is 475 g/mol. The van der Waals surface area contributed by atoms with Gasteiger partial charge in [0, 0.05) is 29.2 Å². The van der Waals surface area contributed by atoms with Crippen molar-refractivity contribution < 1.29 is 23.8 Å².